The molecule has 2 heterocycles. The first kappa shape index (κ1) is 27.0. The lowest BCUT2D eigenvalue weighted by atomic mass is 9.99. The van der Waals surface area contributed by atoms with E-state index in [0.717, 1.165) is 5.56 Å². The molecular formula is C26H32N2O9. The lowest BCUT2D eigenvalue weighted by Gasteiger charge is -2.39. The molecule has 0 saturated carbocycles. The Morgan fingerprint density at radius 1 is 1.05 bits per heavy atom. The number of rotatable bonds is 7. The van der Waals surface area contributed by atoms with E-state index < -0.39 is 37.3 Å². The molecule has 37 heavy (non-hydrogen) atoms. The van der Waals surface area contributed by atoms with Crippen molar-refractivity contribution in [2.45, 2.75) is 44.1 Å². The number of carbonyl (C=O) groups is 2. The molecule has 0 aromatic heterocycles. The predicted octanol–water partition coefficient (Wildman–Crippen LogP) is -0.173. The van der Waals surface area contributed by atoms with Crippen LogP contribution < -0.4 is 10.1 Å². The van der Waals surface area contributed by atoms with Crippen LogP contribution in [0, 0.1) is 6.92 Å². The van der Waals surface area contributed by atoms with Gasteiger partial charge in [0.2, 0.25) is 12.2 Å². The van der Waals surface area contributed by atoms with E-state index >= 15 is 0 Å². The van der Waals surface area contributed by atoms with E-state index in [4.69, 9.17) is 14.2 Å². The minimum absolute atomic E-state index is 0.0680. The van der Waals surface area contributed by atoms with Crippen LogP contribution in [-0.2, 0) is 20.7 Å². The summed E-state index contributed by atoms with van der Waals surface area (Å²) in [6.07, 6.45) is -7.19. The number of carbonyl (C=O) groups excluding carboxylic acids is 2. The molecule has 0 radical (unpaired) electrons. The number of aliphatic hydroxyl groups is 4. The third-order valence-corrected chi connectivity index (χ3v) is 6.46. The number of hydrogen-bond donors (Lipinski definition) is 5. The standard InChI is InChI=1S/C26H32N2O9/c1-15-12-17(25(34)28-8-10-35-11-9-28)6-7-18(15)27-21(30)13-16-4-2-3-5-19(16)36-26-24(33)23(32)22(31)20(14-29)37-26/h2-7,12,20,22-24,26,29,31-33H,8-11,13-14H2,1H3,(H,27,30). The minimum Gasteiger partial charge on any atom is -0.462 e. The molecule has 2 aromatic carbocycles. The van der Waals surface area contributed by atoms with Crippen LogP contribution in [0.2, 0.25) is 0 Å². The molecule has 200 valence electrons. The summed E-state index contributed by atoms with van der Waals surface area (Å²) in [5, 5.41) is 42.5. The Morgan fingerprint density at radius 3 is 2.49 bits per heavy atom. The van der Waals surface area contributed by atoms with Crippen molar-refractivity contribution in [1.82, 2.24) is 4.90 Å². The first-order valence-electron chi connectivity index (χ1n) is 12.1. The van der Waals surface area contributed by atoms with Gasteiger partial charge in [-0.1, -0.05) is 18.2 Å². The summed E-state index contributed by atoms with van der Waals surface area (Å²) in [7, 11) is 0. The number of amides is 2. The highest BCUT2D eigenvalue weighted by molar-refractivity contribution is 5.97. The summed E-state index contributed by atoms with van der Waals surface area (Å²) in [5.41, 5.74) is 2.33. The number of aryl methyl sites for hydroxylation is 1. The normalized spacial score (nSPS) is 26.0. The second-order valence-electron chi connectivity index (χ2n) is 9.08. The Bertz CT molecular complexity index is 1100. The first-order valence-corrected chi connectivity index (χ1v) is 12.1. The van der Waals surface area contributed by atoms with Crippen LogP contribution in [0.3, 0.4) is 0 Å². The van der Waals surface area contributed by atoms with Crippen LogP contribution in [0.25, 0.3) is 0 Å². The van der Waals surface area contributed by atoms with Crippen molar-refractivity contribution in [3.05, 3.63) is 59.2 Å². The Hall–Kier alpha value is -3.06. The van der Waals surface area contributed by atoms with E-state index in [0.29, 0.717) is 43.1 Å². The van der Waals surface area contributed by atoms with Gasteiger partial charge in [-0.05, 0) is 36.8 Å². The third-order valence-electron chi connectivity index (χ3n) is 6.46. The molecule has 2 aliphatic rings. The fourth-order valence-electron chi connectivity index (χ4n) is 4.31. The highest BCUT2D eigenvalue weighted by Gasteiger charge is 2.44. The SMILES string of the molecule is Cc1cc(C(=O)N2CCOCC2)ccc1NC(=O)Cc1ccccc1OC1OC(CO)C(O)C(O)C1O. The number of aliphatic hydroxyl groups excluding tert-OH is 4. The molecule has 0 spiro atoms. The van der Waals surface area contributed by atoms with Crippen LogP contribution in [0.1, 0.15) is 21.5 Å². The maximum absolute atomic E-state index is 12.9. The molecule has 2 saturated heterocycles. The van der Waals surface area contributed by atoms with Crippen molar-refractivity contribution in [2.24, 2.45) is 0 Å². The van der Waals surface area contributed by atoms with Crippen molar-refractivity contribution in [2.75, 3.05) is 38.2 Å². The van der Waals surface area contributed by atoms with E-state index in [9.17, 15) is 30.0 Å². The average Bonchev–Trinajstić information content (AvgIpc) is 2.91. The third kappa shape index (κ3) is 6.27. The Morgan fingerprint density at radius 2 is 1.78 bits per heavy atom. The van der Waals surface area contributed by atoms with Gasteiger partial charge in [-0.15, -0.1) is 0 Å². The average molecular weight is 517 g/mol. The number of anilines is 1. The highest BCUT2D eigenvalue weighted by atomic mass is 16.7. The van der Waals surface area contributed by atoms with Crippen LogP contribution in [0.5, 0.6) is 5.75 Å². The zero-order valence-electron chi connectivity index (χ0n) is 20.4. The predicted molar refractivity (Wildman–Crippen MR) is 131 cm³/mol. The van der Waals surface area contributed by atoms with Gasteiger partial charge in [0.25, 0.3) is 5.91 Å². The van der Waals surface area contributed by atoms with Gasteiger partial charge in [-0.25, -0.2) is 0 Å². The van der Waals surface area contributed by atoms with Crippen molar-refractivity contribution in [1.29, 1.82) is 0 Å². The number of benzene rings is 2. The van der Waals surface area contributed by atoms with E-state index in [1.165, 1.54) is 0 Å². The number of nitrogens with one attached hydrogen (secondary N) is 1. The molecule has 5 unspecified atom stereocenters. The molecule has 4 rings (SSSR count). The van der Waals surface area contributed by atoms with E-state index in [1.54, 1.807) is 47.4 Å². The molecular weight excluding hydrogens is 484 g/mol. The van der Waals surface area contributed by atoms with Crippen LogP contribution in [0.15, 0.2) is 42.5 Å². The fourth-order valence-corrected chi connectivity index (χ4v) is 4.31. The van der Waals surface area contributed by atoms with E-state index in [1.807, 2.05) is 6.92 Å². The lowest BCUT2D eigenvalue weighted by molar-refractivity contribution is -0.277. The molecule has 5 atom stereocenters. The largest absolute Gasteiger partial charge is 0.462 e. The molecule has 2 aromatic rings. The summed E-state index contributed by atoms with van der Waals surface area (Å²) >= 11 is 0. The minimum atomic E-state index is -1.58. The Kier molecular flexibility index (Phi) is 8.75. The maximum Gasteiger partial charge on any atom is 0.254 e. The van der Waals surface area contributed by atoms with Crippen molar-refractivity contribution < 1.29 is 44.2 Å². The number of morpholine rings is 1. The van der Waals surface area contributed by atoms with Gasteiger partial charge < -0.3 is 44.9 Å². The van der Waals surface area contributed by atoms with Gasteiger partial charge in [0.1, 0.15) is 30.2 Å². The second kappa shape index (κ2) is 12.0. The summed E-state index contributed by atoms with van der Waals surface area (Å²) in [6.45, 7) is 3.34. The quantitative estimate of drug-likeness (QED) is 0.337. The maximum atomic E-state index is 12.9. The van der Waals surface area contributed by atoms with Crippen LogP contribution >= 0.6 is 0 Å². The van der Waals surface area contributed by atoms with Crippen molar-refractivity contribution in [3.63, 3.8) is 0 Å². The second-order valence-corrected chi connectivity index (χ2v) is 9.08. The molecule has 11 heteroatoms. The number of nitrogens with zero attached hydrogens (tertiary/aromatic N) is 1. The summed E-state index contributed by atoms with van der Waals surface area (Å²) in [5.74, 6) is -0.172. The molecule has 0 bridgehead atoms. The van der Waals surface area contributed by atoms with Crippen LogP contribution in [0.4, 0.5) is 5.69 Å². The monoisotopic (exact) mass is 516 g/mol. The highest BCUT2D eigenvalue weighted by Crippen LogP contribution is 2.27. The smallest absolute Gasteiger partial charge is 0.254 e. The van der Waals surface area contributed by atoms with Gasteiger partial charge in [-0.3, -0.25) is 9.59 Å². The topological polar surface area (TPSA) is 158 Å². The Labute approximate surface area is 214 Å². The van der Waals surface area contributed by atoms with E-state index in [-0.39, 0.29) is 24.0 Å². The van der Waals surface area contributed by atoms with Crippen molar-refractivity contribution in [3.8, 4) is 5.75 Å². The van der Waals surface area contributed by atoms with Gasteiger partial charge >= 0.3 is 0 Å². The van der Waals surface area contributed by atoms with Gasteiger partial charge in [0.05, 0.1) is 26.2 Å². The molecule has 2 fully saturated rings. The Balaban J connectivity index is 1.41. The van der Waals surface area contributed by atoms with Gasteiger partial charge in [0, 0.05) is 29.9 Å². The fraction of sp³-hybridized carbons (Fsp3) is 0.462. The molecule has 2 amide bonds. The zero-order valence-corrected chi connectivity index (χ0v) is 20.4. The summed E-state index contributed by atoms with van der Waals surface area (Å²) in [4.78, 5) is 27.3. The molecule has 11 nitrogen and oxygen atoms in total. The van der Waals surface area contributed by atoms with Crippen molar-refractivity contribution >= 4 is 17.5 Å². The lowest BCUT2D eigenvalue weighted by Crippen LogP contribution is -2.60. The van der Waals surface area contributed by atoms with E-state index in [2.05, 4.69) is 5.32 Å². The summed E-state index contributed by atoms with van der Waals surface area (Å²) < 4.78 is 16.4. The van der Waals surface area contributed by atoms with Gasteiger partial charge in [-0.2, -0.15) is 0 Å². The van der Waals surface area contributed by atoms with Gasteiger partial charge in [0.15, 0.2) is 0 Å². The zero-order chi connectivity index (χ0) is 26.5. The molecule has 0 aliphatic carbocycles. The first-order chi connectivity index (χ1) is 17.8. The number of hydrogen-bond acceptors (Lipinski definition) is 9. The van der Waals surface area contributed by atoms with Crippen LogP contribution in [-0.4, -0.2) is 101 Å². The summed E-state index contributed by atoms with van der Waals surface area (Å²) in [6, 6.07) is 11.8. The molecule has 2 aliphatic heterocycles. The molecule has 5 N–H and O–H groups in total. The number of ether oxygens (including phenoxy) is 3. The number of para-hydroxylation sites is 1.